The van der Waals surface area contributed by atoms with Crippen LogP contribution in [0, 0.1) is 53.1 Å². The Balaban J connectivity index is 0.000000164. The fraction of sp³-hybridized carbons (Fsp3) is 0.536. The van der Waals surface area contributed by atoms with Crippen LogP contribution in [0.2, 0.25) is 0 Å². The molecule has 6 aliphatic rings. The van der Waals surface area contributed by atoms with Crippen molar-refractivity contribution in [1.82, 2.24) is 0 Å². The van der Waals surface area contributed by atoms with Gasteiger partial charge >= 0.3 is 11.9 Å². The Labute approximate surface area is 383 Å². The number of rotatable bonds is 13. The molecule has 7 nitrogen and oxygen atoms in total. The summed E-state index contributed by atoms with van der Waals surface area (Å²) in [6, 6.07) is 27.7. The third-order valence-electron chi connectivity index (χ3n) is 15.6. The molecule has 2 aliphatic heterocycles. The van der Waals surface area contributed by atoms with Gasteiger partial charge in [0.2, 0.25) is 0 Å². The topological polar surface area (TPSA) is 86.9 Å². The molecule has 65 heavy (non-hydrogen) atoms. The number of carbonyl (C=O) groups is 2. The van der Waals surface area contributed by atoms with Crippen molar-refractivity contribution in [1.29, 1.82) is 0 Å². The van der Waals surface area contributed by atoms with Crippen molar-refractivity contribution < 1.29 is 42.1 Å². The highest BCUT2D eigenvalue weighted by molar-refractivity contribution is 5.76. The summed E-state index contributed by atoms with van der Waals surface area (Å²) in [6.07, 6.45) is 21.2. The lowest BCUT2D eigenvalue weighted by Gasteiger charge is -2.37. The maximum Gasteiger partial charge on any atom is 0.314 e. The van der Waals surface area contributed by atoms with Crippen molar-refractivity contribution in [3.63, 3.8) is 0 Å². The van der Waals surface area contributed by atoms with E-state index < -0.39 is 0 Å². The molecule has 2 heterocycles. The average molecular weight is 889 g/mol. The van der Waals surface area contributed by atoms with E-state index in [1.807, 2.05) is 48.5 Å². The van der Waals surface area contributed by atoms with Gasteiger partial charge in [0, 0.05) is 0 Å². The van der Waals surface area contributed by atoms with Crippen LogP contribution in [0.4, 0.5) is 8.78 Å². The summed E-state index contributed by atoms with van der Waals surface area (Å²) < 4.78 is 54.2. The highest BCUT2D eigenvalue weighted by Gasteiger charge is 2.37. The van der Waals surface area contributed by atoms with Crippen LogP contribution in [-0.4, -0.2) is 50.1 Å². The van der Waals surface area contributed by atoms with Crippen molar-refractivity contribution in [3.8, 4) is 33.8 Å². The van der Waals surface area contributed by atoms with Gasteiger partial charge in [0.15, 0.2) is 0 Å². The predicted octanol–water partition coefficient (Wildman–Crippen LogP) is 13.0. The molecule has 6 fully saturated rings. The minimum atomic E-state index is -0.250. The monoisotopic (exact) mass is 888 g/mol. The molecular formula is C56H66F2O7. The summed E-state index contributed by atoms with van der Waals surface area (Å²) in [4.78, 5) is 25.4. The Morgan fingerprint density at radius 3 is 1.15 bits per heavy atom. The molecule has 4 aliphatic carbocycles. The van der Waals surface area contributed by atoms with Crippen molar-refractivity contribution in [2.24, 2.45) is 41.4 Å². The molecule has 0 spiro atoms. The summed E-state index contributed by atoms with van der Waals surface area (Å²) in [5.74, 6) is 4.49. The minimum absolute atomic E-state index is 0.00348. The summed E-state index contributed by atoms with van der Waals surface area (Å²) >= 11 is 0. The van der Waals surface area contributed by atoms with Crippen LogP contribution in [-0.2, 0) is 23.8 Å². The van der Waals surface area contributed by atoms with Crippen LogP contribution in [0.25, 0.3) is 22.3 Å². The molecule has 4 aromatic carbocycles. The highest BCUT2D eigenvalue weighted by atomic mass is 19.1. The Morgan fingerprint density at radius 1 is 0.446 bits per heavy atom. The van der Waals surface area contributed by atoms with Crippen LogP contribution in [0.3, 0.4) is 0 Å². The molecule has 0 N–H and O–H groups in total. The van der Waals surface area contributed by atoms with Crippen LogP contribution >= 0.6 is 0 Å². The molecule has 0 aromatic heterocycles. The fourth-order valence-corrected chi connectivity index (χ4v) is 11.4. The Morgan fingerprint density at radius 2 is 0.785 bits per heavy atom. The molecule has 0 bridgehead atoms. The maximum atomic E-state index is 13.1. The highest BCUT2D eigenvalue weighted by Crippen LogP contribution is 2.44. The number of halogens is 2. The summed E-state index contributed by atoms with van der Waals surface area (Å²) in [7, 11) is 0. The van der Waals surface area contributed by atoms with Gasteiger partial charge in [-0.3, -0.25) is 9.59 Å². The molecular weight excluding hydrogens is 823 g/mol. The van der Waals surface area contributed by atoms with Gasteiger partial charge in [-0.05, 0) is 197 Å². The van der Waals surface area contributed by atoms with Crippen molar-refractivity contribution in [3.05, 3.63) is 109 Å². The van der Waals surface area contributed by atoms with E-state index in [9.17, 15) is 18.4 Å². The summed E-state index contributed by atoms with van der Waals surface area (Å²) in [5.41, 5.74) is 3.82. The number of epoxide rings is 2. The van der Waals surface area contributed by atoms with Gasteiger partial charge in [-0.15, -0.1) is 0 Å². The molecule has 4 saturated carbocycles. The third kappa shape index (κ3) is 13.1. The molecule has 9 heteroatoms. The van der Waals surface area contributed by atoms with E-state index in [4.69, 9.17) is 23.7 Å². The lowest BCUT2D eigenvalue weighted by atomic mass is 9.68. The van der Waals surface area contributed by atoms with Crippen molar-refractivity contribution >= 4 is 11.9 Å². The van der Waals surface area contributed by atoms with E-state index in [1.54, 1.807) is 24.3 Å². The molecule has 10 rings (SSSR count). The van der Waals surface area contributed by atoms with E-state index in [2.05, 4.69) is 0 Å². The third-order valence-corrected chi connectivity index (χ3v) is 15.6. The summed E-state index contributed by atoms with van der Waals surface area (Å²) in [6.45, 7) is 2.61. The zero-order valence-electron chi connectivity index (χ0n) is 37.8. The molecule has 4 aromatic rings. The van der Waals surface area contributed by atoms with Gasteiger partial charge in [0.25, 0.3) is 0 Å². The second kappa shape index (κ2) is 21.9. The number of esters is 2. The average Bonchev–Trinajstić information content (AvgIpc) is 4.31. The maximum absolute atomic E-state index is 13.1. The second-order valence-electron chi connectivity index (χ2n) is 19.9. The lowest BCUT2D eigenvalue weighted by molar-refractivity contribution is -0.141. The van der Waals surface area contributed by atoms with E-state index >= 15 is 0 Å². The van der Waals surface area contributed by atoms with Crippen LogP contribution in [0.1, 0.15) is 109 Å². The van der Waals surface area contributed by atoms with Crippen LogP contribution in [0.5, 0.6) is 11.5 Å². The number of benzene rings is 4. The molecule has 0 radical (unpaired) electrons. The Bertz CT molecular complexity index is 2100. The van der Waals surface area contributed by atoms with Crippen LogP contribution in [0.15, 0.2) is 97.1 Å². The quantitative estimate of drug-likeness (QED) is 0.0751. The van der Waals surface area contributed by atoms with E-state index in [0.717, 1.165) is 136 Å². The Kier molecular flexibility index (Phi) is 15.4. The van der Waals surface area contributed by atoms with Gasteiger partial charge < -0.3 is 23.7 Å². The normalized spacial score (nSPS) is 29.7. The first kappa shape index (κ1) is 45.7. The Hall–Kier alpha value is -4.44. The zero-order chi connectivity index (χ0) is 44.5. The molecule has 2 saturated heterocycles. The zero-order valence-corrected chi connectivity index (χ0v) is 37.8. The standard InChI is InChI=1S/C28H33FO4.C28H33FO3/c29-24-11-5-20(6-12-24)22-9-15-26(16-10-22)33-28(30)23-3-1-19(2-4-23)21-7-13-25(14-8-21)31-17-27-18-32-27;29-25-13-9-22(10-14-25)23-11-15-26(16-12-23)32-28(30)24-7-5-21(6-8-24)20-3-1-19(2-4-20)17-27-18-31-27/h5-6,9-12,15-16,19,21,23,25,27H,1-4,7-8,13-14,17-18H2;9-16,19-21,24,27H,1-8,17-18H2. The van der Waals surface area contributed by atoms with Gasteiger partial charge in [0.05, 0.1) is 43.9 Å². The van der Waals surface area contributed by atoms with Gasteiger partial charge in [-0.25, -0.2) is 8.78 Å². The first-order chi connectivity index (χ1) is 31.8. The fourth-order valence-electron chi connectivity index (χ4n) is 11.4. The van der Waals surface area contributed by atoms with Gasteiger partial charge in [-0.2, -0.15) is 0 Å². The SMILES string of the molecule is O=C(Oc1ccc(-c2ccc(F)cc2)cc1)C1CCC(C2CCC(CC3CO3)CC2)CC1.O=C(Oc1ccc(-c2ccc(F)cc2)cc1)C1CCC(C2CCC(OCC3CO3)CC2)CC1. The largest absolute Gasteiger partial charge is 0.426 e. The number of hydrogen-bond donors (Lipinski definition) is 0. The van der Waals surface area contributed by atoms with Crippen molar-refractivity contribution in [2.75, 3.05) is 19.8 Å². The number of ether oxygens (including phenoxy) is 5. The van der Waals surface area contributed by atoms with Gasteiger partial charge in [0.1, 0.15) is 29.2 Å². The minimum Gasteiger partial charge on any atom is -0.426 e. The van der Waals surface area contributed by atoms with Crippen LogP contribution < -0.4 is 9.47 Å². The molecule has 0 amide bonds. The predicted molar refractivity (Wildman–Crippen MR) is 247 cm³/mol. The van der Waals surface area contributed by atoms with Gasteiger partial charge in [-0.1, -0.05) is 61.4 Å². The molecule has 2 unspecified atom stereocenters. The number of carbonyl (C=O) groups excluding carboxylic acids is 2. The molecule has 2 atom stereocenters. The second-order valence-corrected chi connectivity index (χ2v) is 19.9. The van der Waals surface area contributed by atoms with E-state index in [0.29, 0.717) is 29.8 Å². The van der Waals surface area contributed by atoms with E-state index in [1.165, 1.54) is 69.2 Å². The smallest absolute Gasteiger partial charge is 0.314 e. The number of hydrogen-bond acceptors (Lipinski definition) is 7. The lowest BCUT2D eigenvalue weighted by Crippen LogP contribution is -2.31. The molecule has 346 valence electrons. The first-order valence-corrected chi connectivity index (χ1v) is 24.8. The van der Waals surface area contributed by atoms with Crippen molar-refractivity contribution in [2.45, 2.75) is 127 Å². The van der Waals surface area contributed by atoms with E-state index in [-0.39, 0.29) is 35.4 Å². The summed E-state index contributed by atoms with van der Waals surface area (Å²) in [5, 5.41) is 0. The first-order valence-electron chi connectivity index (χ1n) is 24.8.